The van der Waals surface area contributed by atoms with Crippen molar-refractivity contribution in [2.45, 2.75) is 0 Å². The third-order valence-corrected chi connectivity index (χ3v) is 4.01. The third kappa shape index (κ3) is 4.10. The highest BCUT2D eigenvalue weighted by Gasteiger charge is 2.16. The van der Waals surface area contributed by atoms with Gasteiger partial charge in [-0.05, 0) is 42.0 Å². The molecule has 2 aromatic rings. The lowest BCUT2D eigenvalue weighted by Crippen LogP contribution is -2.15. The van der Waals surface area contributed by atoms with Gasteiger partial charge in [0.15, 0.2) is 0 Å². The summed E-state index contributed by atoms with van der Waals surface area (Å²) in [5.41, 5.74) is 2.06. The first kappa shape index (κ1) is 18.1. The highest BCUT2D eigenvalue weighted by atomic mass is 16.5. The lowest BCUT2D eigenvalue weighted by atomic mass is 10.0. The Hall–Kier alpha value is -3.72. The van der Waals surface area contributed by atoms with Crippen molar-refractivity contribution in [1.82, 2.24) is 0 Å². The average Bonchev–Trinajstić information content (AvgIpc) is 2.71. The Labute approximate surface area is 157 Å². The SMILES string of the molecule is COc1ccc2c(c1)OCC(/C=C(\C#N)C(=O)Nc1ccccc1OC)=C2. The number of carbonyl (C=O) groups is 1. The second-order valence-electron chi connectivity index (χ2n) is 5.74. The Morgan fingerprint density at radius 3 is 2.78 bits per heavy atom. The minimum atomic E-state index is -0.511. The molecule has 0 radical (unpaired) electrons. The summed E-state index contributed by atoms with van der Waals surface area (Å²) in [5, 5.41) is 12.1. The monoisotopic (exact) mass is 362 g/mol. The molecule has 136 valence electrons. The smallest absolute Gasteiger partial charge is 0.266 e. The molecule has 2 aromatic carbocycles. The molecule has 0 atom stereocenters. The highest BCUT2D eigenvalue weighted by molar-refractivity contribution is 6.07. The van der Waals surface area contributed by atoms with E-state index in [0.717, 1.165) is 11.1 Å². The maximum absolute atomic E-state index is 12.5. The number of carbonyl (C=O) groups excluding carboxylic acids is 1. The molecule has 0 aromatic heterocycles. The molecule has 1 aliphatic heterocycles. The standard InChI is InChI=1S/C21H18N2O4/c1-25-17-8-7-15-9-14(13-27-20(15)11-17)10-16(12-22)21(24)23-18-5-3-4-6-19(18)26-2/h3-11H,13H2,1-2H3,(H,23,24)/b16-10+. The van der Waals surface area contributed by atoms with Crippen LogP contribution in [0.5, 0.6) is 17.2 Å². The number of benzene rings is 2. The van der Waals surface area contributed by atoms with Crippen molar-refractivity contribution >= 4 is 17.7 Å². The number of hydrogen-bond donors (Lipinski definition) is 1. The van der Waals surface area contributed by atoms with E-state index in [0.29, 0.717) is 22.9 Å². The molecule has 6 nitrogen and oxygen atoms in total. The molecule has 0 spiro atoms. The number of rotatable bonds is 5. The second-order valence-corrected chi connectivity index (χ2v) is 5.74. The molecule has 0 unspecified atom stereocenters. The molecule has 0 bridgehead atoms. The maximum atomic E-state index is 12.5. The largest absolute Gasteiger partial charge is 0.497 e. The molecule has 27 heavy (non-hydrogen) atoms. The van der Waals surface area contributed by atoms with Gasteiger partial charge in [-0.15, -0.1) is 0 Å². The van der Waals surface area contributed by atoms with E-state index in [1.165, 1.54) is 13.2 Å². The molecular weight excluding hydrogens is 344 g/mol. The van der Waals surface area contributed by atoms with Gasteiger partial charge in [-0.2, -0.15) is 5.26 Å². The van der Waals surface area contributed by atoms with Gasteiger partial charge in [0.05, 0.1) is 19.9 Å². The van der Waals surface area contributed by atoms with Crippen molar-refractivity contribution in [3.8, 4) is 23.3 Å². The Bertz CT molecular complexity index is 970. The fourth-order valence-electron chi connectivity index (χ4n) is 2.64. The van der Waals surface area contributed by atoms with E-state index in [1.54, 1.807) is 37.4 Å². The van der Waals surface area contributed by atoms with Crippen molar-refractivity contribution in [2.24, 2.45) is 0 Å². The summed E-state index contributed by atoms with van der Waals surface area (Å²) in [6.07, 6.45) is 3.41. The van der Waals surface area contributed by atoms with Gasteiger partial charge >= 0.3 is 0 Å². The zero-order valence-corrected chi connectivity index (χ0v) is 15.0. The molecule has 1 amide bonds. The number of anilines is 1. The quantitative estimate of drug-likeness (QED) is 0.650. The zero-order chi connectivity index (χ0) is 19.2. The fourth-order valence-corrected chi connectivity index (χ4v) is 2.64. The summed E-state index contributed by atoms with van der Waals surface area (Å²) in [4.78, 5) is 12.5. The molecule has 3 rings (SSSR count). The summed E-state index contributed by atoms with van der Waals surface area (Å²) >= 11 is 0. The first-order chi connectivity index (χ1) is 13.1. The Morgan fingerprint density at radius 1 is 1.22 bits per heavy atom. The minimum Gasteiger partial charge on any atom is -0.497 e. The normalized spacial score (nSPS) is 12.8. The van der Waals surface area contributed by atoms with Gasteiger partial charge in [0.2, 0.25) is 0 Å². The van der Waals surface area contributed by atoms with Crippen LogP contribution in [0.2, 0.25) is 0 Å². The van der Waals surface area contributed by atoms with E-state index in [9.17, 15) is 10.1 Å². The van der Waals surface area contributed by atoms with E-state index >= 15 is 0 Å². The van der Waals surface area contributed by atoms with Gasteiger partial charge in [-0.3, -0.25) is 4.79 Å². The molecule has 1 aliphatic rings. The summed E-state index contributed by atoms with van der Waals surface area (Å²) in [7, 11) is 3.11. The zero-order valence-electron chi connectivity index (χ0n) is 15.0. The summed E-state index contributed by atoms with van der Waals surface area (Å²) in [6, 6.07) is 14.4. The number of ether oxygens (including phenoxy) is 3. The topological polar surface area (TPSA) is 80.6 Å². The van der Waals surface area contributed by atoms with Crippen LogP contribution in [0.25, 0.3) is 6.08 Å². The van der Waals surface area contributed by atoms with Crippen molar-refractivity contribution in [3.05, 3.63) is 65.3 Å². The minimum absolute atomic E-state index is 0.0206. The van der Waals surface area contributed by atoms with Crippen LogP contribution in [0.3, 0.4) is 0 Å². The number of amides is 1. The van der Waals surface area contributed by atoms with Gasteiger partial charge in [-0.1, -0.05) is 12.1 Å². The number of hydrogen-bond acceptors (Lipinski definition) is 5. The van der Waals surface area contributed by atoms with E-state index in [1.807, 2.05) is 24.3 Å². The average molecular weight is 362 g/mol. The highest BCUT2D eigenvalue weighted by Crippen LogP contribution is 2.31. The lowest BCUT2D eigenvalue weighted by Gasteiger charge is -2.17. The molecular formula is C21H18N2O4. The van der Waals surface area contributed by atoms with E-state index in [4.69, 9.17) is 14.2 Å². The number of methoxy groups -OCH3 is 2. The van der Waals surface area contributed by atoms with E-state index in [-0.39, 0.29) is 12.2 Å². The van der Waals surface area contributed by atoms with Crippen molar-refractivity contribution in [3.63, 3.8) is 0 Å². The number of nitrogens with one attached hydrogen (secondary N) is 1. The van der Waals surface area contributed by atoms with Crippen LogP contribution >= 0.6 is 0 Å². The Kier molecular flexibility index (Phi) is 5.43. The molecule has 0 saturated heterocycles. The molecule has 0 fully saturated rings. The van der Waals surface area contributed by atoms with Gasteiger partial charge in [-0.25, -0.2) is 0 Å². The summed E-state index contributed by atoms with van der Waals surface area (Å²) < 4.78 is 16.1. The number of nitriles is 1. The Balaban J connectivity index is 1.82. The van der Waals surface area contributed by atoms with Crippen LogP contribution in [-0.4, -0.2) is 26.7 Å². The first-order valence-electron chi connectivity index (χ1n) is 8.22. The van der Waals surface area contributed by atoms with Crippen LogP contribution in [0.1, 0.15) is 5.56 Å². The van der Waals surface area contributed by atoms with Crippen LogP contribution in [0, 0.1) is 11.3 Å². The second kappa shape index (κ2) is 8.11. The number of nitrogens with zero attached hydrogens (tertiary/aromatic N) is 1. The first-order valence-corrected chi connectivity index (χ1v) is 8.22. The molecule has 1 N–H and O–H groups in total. The maximum Gasteiger partial charge on any atom is 0.266 e. The van der Waals surface area contributed by atoms with Crippen LogP contribution in [0.15, 0.2) is 59.7 Å². The molecule has 6 heteroatoms. The van der Waals surface area contributed by atoms with E-state index in [2.05, 4.69) is 5.32 Å². The van der Waals surface area contributed by atoms with Crippen molar-refractivity contribution < 1.29 is 19.0 Å². The summed E-state index contributed by atoms with van der Waals surface area (Å²) in [5.74, 6) is 1.41. The van der Waals surface area contributed by atoms with Gasteiger partial charge in [0, 0.05) is 11.6 Å². The van der Waals surface area contributed by atoms with Crippen molar-refractivity contribution in [1.29, 1.82) is 5.26 Å². The lowest BCUT2D eigenvalue weighted by molar-refractivity contribution is -0.112. The molecule has 1 heterocycles. The predicted molar refractivity (Wildman–Crippen MR) is 102 cm³/mol. The van der Waals surface area contributed by atoms with E-state index < -0.39 is 5.91 Å². The van der Waals surface area contributed by atoms with Crippen molar-refractivity contribution in [2.75, 3.05) is 26.1 Å². The van der Waals surface area contributed by atoms with Crippen LogP contribution in [-0.2, 0) is 4.79 Å². The third-order valence-electron chi connectivity index (χ3n) is 4.01. The number of fused-ring (bicyclic) bond motifs is 1. The molecule has 0 aliphatic carbocycles. The Morgan fingerprint density at radius 2 is 2.04 bits per heavy atom. The van der Waals surface area contributed by atoms with Crippen LogP contribution in [0.4, 0.5) is 5.69 Å². The number of para-hydroxylation sites is 2. The predicted octanol–water partition coefficient (Wildman–Crippen LogP) is 3.57. The fraction of sp³-hybridized carbons (Fsp3) is 0.143. The van der Waals surface area contributed by atoms with Crippen LogP contribution < -0.4 is 19.5 Å². The molecule has 0 saturated carbocycles. The van der Waals surface area contributed by atoms with Gasteiger partial charge in [0.1, 0.15) is 35.5 Å². The van der Waals surface area contributed by atoms with Gasteiger partial charge in [0.25, 0.3) is 5.91 Å². The summed E-state index contributed by atoms with van der Waals surface area (Å²) in [6.45, 7) is 0.257. The van der Waals surface area contributed by atoms with Gasteiger partial charge < -0.3 is 19.5 Å².